The number of nitrogens with zero attached hydrogens (tertiary/aromatic N) is 2. The molecule has 1 aliphatic heterocycles. The Balaban J connectivity index is 1.36. The smallest absolute Gasteiger partial charge is 0.336 e. The van der Waals surface area contributed by atoms with E-state index in [4.69, 9.17) is 4.42 Å². The summed E-state index contributed by atoms with van der Waals surface area (Å²) in [6.45, 7) is 8.80. The summed E-state index contributed by atoms with van der Waals surface area (Å²) < 4.78 is 5.49. The molecule has 1 aliphatic rings. The second-order valence-corrected chi connectivity index (χ2v) is 9.06. The van der Waals surface area contributed by atoms with E-state index in [0.29, 0.717) is 5.58 Å². The van der Waals surface area contributed by atoms with E-state index in [-0.39, 0.29) is 11.7 Å². The molecule has 1 saturated heterocycles. The molecule has 2 heterocycles. The average molecular weight is 439 g/mol. The van der Waals surface area contributed by atoms with Gasteiger partial charge in [-0.25, -0.2) is 4.79 Å². The zero-order valence-corrected chi connectivity index (χ0v) is 19.3. The molecular formula is C29H30N2O2. The highest BCUT2D eigenvalue weighted by molar-refractivity contribution is 5.81. The van der Waals surface area contributed by atoms with E-state index in [1.807, 2.05) is 6.07 Å². The number of aryl methyl sites for hydroxylation is 2. The monoisotopic (exact) mass is 438 g/mol. The van der Waals surface area contributed by atoms with Gasteiger partial charge < -0.3 is 4.42 Å². The predicted octanol–water partition coefficient (Wildman–Crippen LogP) is 5.32. The molecule has 1 aromatic heterocycles. The number of hydrogen-bond donors (Lipinski definition) is 0. The van der Waals surface area contributed by atoms with Crippen molar-refractivity contribution >= 4 is 11.0 Å². The van der Waals surface area contributed by atoms with Gasteiger partial charge in [-0.1, -0.05) is 60.7 Å². The molecule has 5 rings (SSSR count). The Morgan fingerprint density at radius 1 is 0.788 bits per heavy atom. The Kier molecular flexibility index (Phi) is 6.12. The molecule has 0 radical (unpaired) electrons. The lowest BCUT2D eigenvalue weighted by atomic mass is 9.96. The molecule has 0 N–H and O–H groups in total. The molecule has 0 saturated carbocycles. The fourth-order valence-corrected chi connectivity index (χ4v) is 4.92. The number of piperazine rings is 1. The molecule has 0 bridgehead atoms. The van der Waals surface area contributed by atoms with Gasteiger partial charge in [-0.2, -0.15) is 0 Å². The minimum absolute atomic E-state index is 0.254. The van der Waals surface area contributed by atoms with Crippen molar-refractivity contribution in [2.75, 3.05) is 26.2 Å². The minimum atomic E-state index is -0.271. The van der Waals surface area contributed by atoms with E-state index in [2.05, 4.69) is 90.4 Å². The lowest BCUT2D eigenvalue weighted by Gasteiger charge is -2.40. The number of hydrogen-bond acceptors (Lipinski definition) is 4. The first-order valence-electron chi connectivity index (χ1n) is 11.7. The van der Waals surface area contributed by atoms with Crippen molar-refractivity contribution in [3.05, 3.63) is 117 Å². The van der Waals surface area contributed by atoms with Crippen molar-refractivity contribution in [1.29, 1.82) is 0 Å². The van der Waals surface area contributed by atoms with Gasteiger partial charge in [0.25, 0.3) is 0 Å². The lowest BCUT2D eigenvalue weighted by molar-refractivity contribution is 0.105. The van der Waals surface area contributed by atoms with E-state index >= 15 is 0 Å². The van der Waals surface area contributed by atoms with Crippen LogP contribution in [0.15, 0.2) is 88.1 Å². The highest BCUT2D eigenvalue weighted by atomic mass is 16.4. The van der Waals surface area contributed by atoms with Crippen LogP contribution < -0.4 is 5.63 Å². The molecule has 168 valence electrons. The van der Waals surface area contributed by atoms with Crippen LogP contribution in [0, 0.1) is 13.8 Å². The van der Waals surface area contributed by atoms with Gasteiger partial charge in [0.1, 0.15) is 5.58 Å². The Labute approximate surface area is 195 Å². The van der Waals surface area contributed by atoms with Crippen LogP contribution in [0.1, 0.15) is 33.9 Å². The van der Waals surface area contributed by atoms with Crippen LogP contribution in [-0.2, 0) is 6.54 Å². The number of fused-ring (bicyclic) bond motifs is 1. The maximum atomic E-state index is 12.2. The third-order valence-corrected chi connectivity index (χ3v) is 6.84. The van der Waals surface area contributed by atoms with Gasteiger partial charge in [0, 0.05) is 44.2 Å². The summed E-state index contributed by atoms with van der Waals surface area (Å²) in [5.74, 6) is 0. The summed E-state index contributed by atoms with van der Waals surface area (Å²) >= 11 is 0. The molecule has 0 amide bonds. The van der Waals surface area contributed by atoms with Gasteiger partial charge in [0.05, 0.1) is 6.04 Å². The van der Waals surface area contributed by atoms with E-state index < -0.39 is 0 Å². The Bertz CT molecular complexity index is 1250. The highest BCUT2D eigenvalue weighted by Crippen LogP contribution is 2.30. The molecule has 4 heteroatoms. The normalized spacial score (nSPS) is 15.4. The third kappa shape index (κ3) is 4.63. The fraction of sp³-hybridized carbons (Fsp3) is 0.276. The van der Waals surface area contributed by atoms with E-state index in [0.717, 1.165) is 49.2 Å². The quantitative estimate of drug-likeness (QED) is 0.395. The predicted molar refractivity (Wildman–Crippen MR) is 134 cm³/mol. The number of benzene rings is 3. The molecule has 4 aromatic rings. The van der Waals surface area contributed by atoms with Crippen molar-refractivity contribution in [3.8, 4) is 0 Å². The molecule has 3 aromatic carbocycles. The van der Waals surface area contributed by atoms with Crippen LogP contribution in [0.5, 0.6) is 0 Å². The molecule has 0 aliphatic carbocycles. The van der Waals surface area contributed by atoms with Gasteiger partial charge >= 0.3 is 5.63 Å². The van der Waals surface area contributed by atoms with Crippen molar-refractivity contribution in [2.24, 2.45) is 0 Å². The zero-order valence-electron chi connectivity index (χ0n) is 19.3. The second kappa shape index (κ2) is 9.34. The first-order chi connectivity index (χ1) is 16.1. The van der Waals surface area contributed by atoms with Crippen molar-refractivity contribution in [3.63, 3.8) is 0 Å². The van der Waals surface area contributed by atoms with Crippen LogP contribution in [-0.4, -0.2) is 36.0 Å². The van der Waals surface area contributed by atoms with Gasteiger partial charge in [-0.05, 0) is 53.8 Å². The van der Waals surface area contributed by atoms with Crippen LogP contribution >= 0.6 is 0 Å². The minimum Gasteiger partial charge on any atom is -0.423 e. The van der Waals surface area contributed by atoms with Gasteiger partial charge in [-0.3, -0.25) is 9.80 Å². The summed E-state index contributed by atoms with van der Waals surface area (Å²) in [5, 5.41) is 1.05. The highest BCUT2D eigenvalue weighted by Gasteiger charge is 2.26. The third-order valence-electron chi connectivity index (χ3n) is 6.84. The van der Waals surface area contributed by atoms with Crippen molar-refractivity contribution in [1.82, 2.24) is 9.80 Å². The van der Waals surface area contributed by atoms with Crippen LogP contribution in [0.3, 0.4) is 0 Å². The summed E-state index contributed by atoms with van der Waals surface area (Å²) in [4.78, 5) is 17.2. The van der Waals surface area contributed by atoms with Gasteiger partial charge in [0.2, 0.25) is 0 Å². The average Bonchev–Trinajstić information content (AvgIpc) is 2.83. The molecule has 1 fully saturated rings. The molecular weight excluding hydrogens is 408 g/mol. The number of rotatable bonds is 5. The van der Waals surface area contributed by atoms with Crippen molar-refractivity contribution < 1.29 is 4.42 Å². The van der Waals surface area contributed by atoms with E-state index in [1.165, 1.54) is 16.7 Å². The molecule has 33 heavy (non-hydrogen) atoms. The molecule has 0 unspecified atom stereocenters. The summed E-state index contributed by atoms with van der Waals surface area (Å²) in [6, 6.07) is 27.6. The van der Waals surface area contributed by atoms with Crippen molar-refractivity contribution in [2.45, 2.75) is 26.4 Å². The molecule has 0 atom stereocenters. The van der Waals surface area contributed by atoms with E-state index in [1.54, 1.807) is 6.07 Å². The maximum absolute atomic E-state index is 12.2. The SMILES string of the molecule is Cc1cc2oc(=O)cc(CN3CCN(C(c4ccccc4)c4ccccc4)CC3)c2cc1C. The Morgan fingerprint density at radius 3 is 1.97 bits per heavy atom. The van der Waals surface area contributed by atoms with E-state index in [9.17, 15) is 4.79 Å². The second-order valence-electron chi connectivity index (χ2n) is 9.06. The summed E-state index contributed by atoms with van der Waals surface area (Å²) in [5.41, 5.74) is 6.49. The standard InChI is InChI=1S/C29H30N2O2/c1-21-17-26-25(19-28(32)33-27(26)18-22(21)2)20-30-13-15-31(16-14-30)29(23-9-5-3-6-10-23)24-11-7-4-8-12-24/h3-12,17-19,29H,13-16,20H2,1-2H3. The summed E-state index contributed by atoms with van der Waals surface area (Å²) in [6.07, 6.45) is 0. The first-order valence-corrected chi connectivity index (χ1v) is 11.7. The fourth-order valence-electron chi connectivity index (χ4n) is 4.92. The summed E-state index contributed by atoms with van der Waals surface area (Å²) in [7, 11) is 0. The van der Waals surface area contributed by atoms with Crippen LogP contribution in [0.2, 0.25) is 0 Å². The van der Waals surface area contributed by atoms with Gasteiger partial charge in [-0.15, -0.1) is 0 Å². The largest absolute Gasteiger partial charge is 0.423 e. The Hall–Kier alpha value is -3.21. The van der Waals surface area contributed by atoms with Gasteiger partial charge in [0.15, 0.2) is 0 Å². The first kappa shape index (κ1) is 21.6. The lowest BCUT2D eigenvalue weighted by Crippen LogP contribution is -2.47. The topological polar surface area (TPSA) is 36.7 Å². The zero-order chi connectivity index (χ0) is 22.8. The Morgan fingerprint density at radius 2 is 1.36 bits per heavy atom. The maximum Gasteiger partial charge on any atom is 0.336 e. The van der Waals surface area contributed by atoms with Crippen LogP contribution in [0.25, 0.3) is 11.0 Å². The van der Waals surface area contributed by atoms with Crippen LogP contribution in [0.4, 0.5) is 0 Å². The molecule has 0 spiro atoms. The molecule has 4 nitrogen and oxygen atoms in total.